The van der Waals surface area contributed by atoms with Crippen molar-refractivity contribution >= 4 is 21.4 Å². The van der Waals surface area contributed by atoms with Gasteiger partial charge < -0.3 is 27.9 Å². The Hall–Kier alpha value is -0.825. The third kappa shape index (κ3) is 4.24. The maximum atomic E-state index is 6.76. The lowest BCUT2D eigenvalue weighted by Gasteiger charge is -2.38. The predicted octanol–water partition coefficient (Wildman–Crippen LogP) is 5.32. The van der Waals surface area contributed by atoms with E-state index < -0.39 is 60.1 Å². The molecule has 9 heteroatoms. The van der Waals surface area contributed by atoms with Crippen LogP contribution in [0.5, 0.6) is 0 Å². The quantitative estimate of drug-likeness (QED) is 0.528. The van der Waals surface area contributed by atoms with Gasteiger partial charge in [-0.2, -0.15) is 0 Å². The Morgan fingerprint density at radius 1 is 0.486 bits per heavy atom. The number of hydrogen-bond donors (Lipinski definition) is 0. The Balaban J connectivity index is 1.91. The molecule has 3 aliphatic heterocycles. The molecule has 0 amide bonds. The smallest absolute Gasteiger partial charge is 0.403 e. The van der Waals surface area contributed by atoms with Crippen molar-refractivity contribution in [3.05, 3.63) is 35.9 Å². The fraction of sp³-hybridized carbons (Fsp3) is 0.769. The number of hydrogen-bond acceptors (Lipinski definition) is 6. The first kappa shape index (κ1) is 27.2. The zero-order valence-electron chi connectivity index (χ0n) is 23.8. The Labute approximate surface area is 213 Å². The first-order valence-corrected chi connectivity index (χ1v) is 12.9. The van der Waals surface area contributed by atoms with E-state index in [0.717, 1.165) is 5.56 Å². The highest BCUT2D eigenvalue weighted by molar-refractivity contribution is 6.89. The molecule has 35 heavy (non-hydrogen) atoms. The van der Waals surface area contributed by atoms with Crippen molar-refractivity contribution in [3.8, 4) is 0 Å². The topological polar surface area (TPSA) is 55.4 Å². The van der Waals surface area contributed by atoms with Crippen LogP contribution in [0.3, 0.4) is 0 Å². The molecule has 0 N–H and O–H groups in total. The van der Waals surface area contributed by atoms with E-state index in [2.05, 4.69) is 95.2 Å². The fourth-order valence-electron chi connectivity index (χ4n) is 4.72. The maximum Gasteiger partial charge on any atom is 0.460 e. The molecule has 0 spiro atoms. The van der Waals surface area contributed by atoms with Gasteiger partial charge in [-0.1, -0.05) is 30.3 Å². The van der Waals surface area contributed by atoms with Crippen molar-refractivity contribution in [2.75, 3.05) is 0 Å². The van der Waals surface area contributed by atoms with Crippen LogP contribution in [0.1, 0.15) is 88.6 Å². The van der Waals surface area contributed by atoms with E-state index in [1.54, 1.807) is 0 Å². The monoisotopic (exact) mass is 484 g/mol. The van der Waals surface area contributed by atoms with Crippen LogP contribution in [0.4, 0.5) is 0 Å². The summed E-state index contributed by atoms with van der Waals surface area (Å²) in [6.07, 6.45) is 0.526. The fourth-order valence-corrected chi connectivity index (χ4v) is 4.72. The van der Waals surface area contributed by atoms with Crippen molar-refractivity contribution in [2.24, 2.45) is 0 Å². The highest BCUT2D eigenvalue weighted by atomic mass is 16.7. The van der Waals surface area contributed by atoms with E-state index in [1.807, 2.05) is 18.2 Å². The van der Waals surface area contributed by atoms with Crippen molar-refractivity contribution < 1.29 is 27.9 Å². The highest BCUT2D eigenvalue weighted by Crippen LogP contribution is 2.57. The molecule has 3 fully saturated rings. The minimum absolute atomic E-state index is 0.526. The van der Waals surface area contributed by atoms with Crippen LogP contribution < -0.4 is 0 Å². The molecule has 192 valence electrons. The van der Waals surface area contributed by atoms with Gasteiger partial charge in [0.2, 0.25) is 0 Å². The molecule has 0 aromatic heterocycles. The van der Waals surface area contributed by atoms with Crippen molar-refractivity contribution in [3.63, 3.8) is 0 Å². The highest BCUT2D eigenvalue weighted by Gasteiger charge is 2.77. The summed E-state index contributed by atoms with van der Waals surface area (Å²) in [5.74, 6) is 0. The molecule has 0 saturated carbocycles. The summed E-state index contributed by atoms with van der Waals surface area (Å²) in [6.45, 7) is 24.8. The van der Waals surface area contributed by atoms with Crippen LogP contribution in [0.2, 0.25) is 5.11 Å². The van der Waals surface area contributed by atoms with Gasteiger partial charge in [0.25, 0.3) is 0 Å². The van der Waals surface area contributed by atoms with Gasteiger partial charge in [-0.3, -0.25) is 0 Å². The lowest BCUT2D eigenvalue weighted by atomic mass is 9.23. The molecule has 0 aliphatic carbocycles. The Kier molecular flexibility index (Phi) is 6.29. The van der Waals surface area contributed by atoms with E-state index in [0.29, 0.717) is 6.42 Å². The normalized spacial score (nSPS) is 28.1. The Morgan fingerprint density at radius 3 is 1.00 bits per heavy atom. The van der Waals surface area contributed by atoms with Gasteiger partial charge in [-0.05, 0) is 95.1 Å². The molecular weight excluding hydrogens is 441 g/mol. The minimum Gasteiger partial charge on any atom is -0.403 e. The van der Waals surface area contributed by atoms with Gasteiger partial charge >= 0.3 is 21.4 Å². The molecule has 3 heterocycles. The molecule has 1 aromatic rings. The lowest BCUT2D eigenvalue weighted by Crippen LogP contribution is -2.59. The van der Waals surface area contributed by atoms with Crippen LogP contribution in [0.25, 0.3) is 0 Å². The second-order valence-electron chi connectivity index (χ2n) is 13.5. The van der Waals surface area contributed by atoms with Gasteiger partial charge in [0.1, 0.15) is 0 Å². The standard InChI is InChI=1S/C26H43B3O6/c1-20(2)21(3,4)31-27(30-20)26(18-19-16-14-13-15-17-19,28-32-22(5,6)23(7,8)33-28)29-34-24(9,10)25(11,12)35-29/h13-17H,18H2,1-12H3. The molecule has 0 atom stereocenters. The van der Waals surface area contributed by atoms with Gasteiger partial charge in [-0.25, -0.2) is 0 Å². The SMILES string of the molecule is CC1(C)OB(C(Cc2ccccc2)(B2OC(C)(C)C(C)(C)O2)B2OC(C)(C)C(C)(C)O2)OC1(C)C. The van der Waals surface area contributed by atoms with E-state index in [4.69, 9.17) is 27.9 Å². The van der Waals surface area contributed by atoms with Gasteiger partial charge in [-0.15, -0.1) is 0 Å². The summed E-state index contributed by atoms with van der Waals surface area (Å²) in [4.78, 5) is 0. The molecule has 0 radical (unpaired) electrons. The molecule has 4 rings (SSSR count). The zero-order valence-corrected chi connectivity index (χ0v) is 23.8. The van der Waals surface area contributed by atoms with Crippen molar-refractivity contribution in [1.29, 1.82) is 0 Å². The average Bonchev–Trinajstić information content (AvgIpc) is 3.15. The van der Waals surface area contributed by atoms with Crippen molar-refractivity contribution in [2.45, 2.75) is 128 Å². The summed E-state index contributed by atoms with van der Waals surface area (Å²) in [5, 5.41) is -0.956. The third-order valence-electron chi connectivity index (χ3n) is 9.43. The summed E-state index contributed by atoms with van der Waals surface area (Å²) >= 11 is 0. The van der Waals surface area contributed by atoms with Gasteiger partial charge in [0, 0.05) is 0 Å². The van der Waals surface area contributed by atoms with Crippen LogP contribution in [0, 0.1) is 0 Å². The molecule has 1 aromatic carbocycles. The summed E-state index contributed by atoms with van der Waals surface area (Å²) in [5.41, 5.74) is -2.19. The minimum atomic E-state index is -0.956. The predicted molar refractivity (Wildman–Crippen MR) is 141 cm³/mol. The average molecular weight is 484 g/mol. The third-order valence-corrected chi connectivity index (χ3v) is 9.43. The molecule has 3 saturated heterocycles. The number of rotatable bonds is 5. The van der Waals surface area contributed by atoms with Crippen molar-refractivity contribution in [1.82, 2.24) is 0 Å². The second-order valence-corrected chi connectivity index (χ2v) is 13.5. The van der Waals surface area contributed by atoms with E-state index in [9.17, 15) is 0 Å². The van der Waals surface area contributed by atoms with E-state index in [1.165, 1.54) is 0 Å². The van der Waals surface area contributed by atoms with Crippen LogP contribution in [0.15, 0.2) is 30.3 Å². The molecule has 0 bridgehead atoms. The number of benzene rings is 1. The summed E-state index contributed by atoms with van der Waals surface area (Å²) < 4.78 is 40.5. The molecular formula is C26H43B3O6. The summed E-state index contributed by atoms with van der Waals surface area (Å²) in [7, 11) is -2.09. The lowest BCUT2D eigenvalue weighted by molar-refractivity contribution is 0.00578. The zero-order chi connectivity index (χ0) is 26.3. The molecule has 6 nitrogen and oxygen atoms in total. The van der Waals surface area contributed by atoms with Gasteiger partial charge in [0.05, 0.1) is 38.7 Å². The second kappa shape index (κ2) is 8.09. The van der Waals surface area contributed by atoms with E-state index in [-0.39, 0.29) is 0 Å². The van der Waals surface area contributed by atoms with Crippen LogP contribution in [-0.4, -0.2) is 55.0 Å². The van der Waals surface area contributed by atoms with E-state index >= 15 is 0 Å². The molecule has 3 aliphatic rings. The Bertz CT molecular complexity index is 807. The summed E-state index contributed by atoms with van der Waals surface area (Å²) in [6, 6.07) is 10.3. The molecule has 0 unspecified atom stereocenters. The van der Waals surface area contributed by atoms with Crippen LogP contribution in [-0.2, 0) is 34.3 Å². The first-order chi connectivity index (χ1) is 15.8. The largest absolute Gasteiger partial charge is 0.460 e. The maximum absolute atomic E-state index is 6.76. The van der Waals surface area contributed by atoms with Crippen LogP contribution >= 0.6 is 0 Å². The van der Waals surface area contributed by atoms with Gasteiger partial charge in [0.15, 0.2) is 0 Å². The Morgan fingerprint density at radius 2 is 0.743 bits per heavy atom. The first-order valence-electron chi connectivity index (χ1n) is 12.9.